The number of hydrogen-bond acceptors (Lipinski definition) is 1. The lowest BCUT2D eigenvalue weighted by Gasteiger charge is -2.39. The molecular weight excluding hydrogens is 275 g/mol. The highest BCUT2D eigenvalue weighted by Crippen LogP contribution is 2.41. The fraction of sp³-hybridized carbons (Fsp3) is 0.571. The first-order valence-corrected chi connectivity index (χ1v) is 6.76. The third kappa shape index (κ3) is 3.86. The van der Waals surface area contributed by atoms with Crippen molar-refractivity contribution >= 4 is 11.6 Å². The molecule has 1 aromatic carbocycles. The molecule has 2 N–H and O–H groups in total. The maximum Gasteiger partial charge on any atom is 0.391 e. The van der Waals surface area contributed by atoms with Crippen LogP contribution in [0.25, 0.3) is 0 Å². The van der Waals surface area contributed by atoms with E-state index >= 15 is 0 Å². The van der Waals surface area contributed by atoms with E-state index in [1.807, 2.05) is 6.07 Å². The van der Waals surface area contributed by atoms with Gasteiger partial charge in [0.1, 0.15) is 0 Å². The van der Waals surface area contributed by atoms with Crippen LogP contribution in [0.2, 0.25) is 5.02 Å². The van der Waals surface area contributed by atoms with E-state index < -0.39 is 17.6 Å². The highest BCUT2D eigenvalue weighted by atomic mass is 35.5. The second kappa shape index (κ2) is 5.33. The zero-order valence-corrected chi connectivity index (χ0v) is 11.3. The Morgan fingerprint density at radius 1 is 1.37 bits per heavy atom. The van der Waals surface area contributed by atoms with Gasteiger partial charge in [0.25, 0.3) is 0 Å². The third-order valence-corrected chi connectivity index (χ3v) is 4.02. The summed E-state index contributed by atoms with van der Waals surface area (Å²) in [6, 6.07) is 7.17. The minimum atomic E-state index is -4.14. The van der Waals surface area contributed by atoms with Gasteiger partial charge in [-0.05, 0) is 43.4 Å². The lowest BCUT2D eigenvalue weighted by atomic mass is 9.73. The highest BCUT2D eigenvalue weighted by Gasteiger charge is 2.46. The van der Waals surface area contributed by atoms with Crippen LogP contribution in [0.3, 0.4) is 0 Å². The predicted molar refractivity (Wildman–Crippen MR) is 70.1 cm³/mol. The molecule has 0 heterocycles. The third-order valence-electron chi connectivity index (χ3n) is 3.79. The Labute approximate surface area is 115 Å². The van der Waals surface area contributed by atoms with E-state index in [0.717, 1.165) is 5.56 Å². The van der Waals surface area contributed by atoms with Gasteiger partial charge < -0.3 is 5.73 Å². The zero-order chi connectivity index (χ0) is 14.1. The molecule has 106 valence electrons. The lowest BCUT2D eigenvalue weighted by molar-refractivity contribution is -0.187. The van der Waals surface area contributed by atoms with Gasteiger partial charge in [-0.1, -0.05) is 30.2 Å². The lowest BCUT2D eigenvalue weighted by Crippen LogP contribution is -2.48. The van der Waals surface area contributed by atoms with Crippen molar-refractivity contribution in [1.82, 2.24) is 0 Å². The molecule has 0 radical (unpaired) electrons. The molecule has 1 nitrogen and oxygen atoms in total. The molecule has 5 heteroatoms. The molecule has 2 rings (SSSR count). The molecule has 1 aliphatic carbocycles. The first-order chi connectivity index (χ1) is 8.78. The number of benzene rings is 1. The smallest absolute Gasteiger partial charge is 0.325 e. The molecule has 2 atom stereocenters. The van der Waals surface area contributed by atoms with E-state index in [-0.39, 0.29) is 12.8 Å². The van der Waals surface area contributed by atoms with E-state index in [4.69, 9.17) is 17.3 Å². The number of hydrogen-bond donors (Lipinski definition) is 1. The van der Waals surface area contributed by atoms with Crippen molar-refractivity contribution in [1.29, 1.82) is 0 Å². The van der Waals surface area contributed by atoms with Crippen molar-refractivity contribution in [3.63, 3.8) is 0 Å². The average molecular weight is 292 g/mol. The van der Waals surface area contributed by atoms with Crippen molar-refractivity contribution in [3.8, 4) is 0 Å². The summed E-state index contributed by atoms with van der Waals surface area (Å²) in [5.41, 5.74) is 6.31. The number of rotatable bonds is 2. The minimum absolute atomic E-state index is 0.00299. The van der Waals surface area contributed by atoms with Crippen LogP contribution in [0.5, 0.6) is 0 Å². The van der Waals surface area contributed by atoms with Crippen LogP contribution >= 0.6 is 11.6 Å². The number of halogens is 4. The standard InChI is InChI=1S/C14H17ClF3N/c15-12-5-1-3-10(7-12)8-13(19)6-2-4-11(9-13)14(16,17)18/h1,3,5,7,11H,2,4,6,8-9,19H2. The zero-order valence-electron chi connectivity index (χ0n) is 10.5. The van der Waals surface area contributed by atoms with Gasteiger partial charge in [-0.15, -0.1) is 0 Å². The molecule has 19 heavy (non-hydrogen) atoms. The first-order valence-electron chi connectivity index (χ1n) is 6.39. The van der Waals surface area contributed by atoms with E-state index in [1.165, 1.54) is 0 Å². The van der Waals surface area contributed by atoms with Crippen LogP contribution in [0.15, 0.2) is 24.3 Å². The van der Waals surface area contributed by atoms with Crippen LogP contribution in [-0.2, 0) is 6.42 Å². The summed E-state index contributed by atoms with van der Waals surface area (Å²) in [5, 5.41) is 0.587. The molecule has 0 amide bonds. The summed E-state index contributed by atoms with van der Waals surface area (Å²) >= 11 is 5.89. The minimum Gasteiger partial charge on any atom is -0.325 e. The van der Waals surface area contributed by atoms with Crippen molar-refractivity contribution in [2.45, 2.75) is 43.8 Å². The van der Waals surface area contributed by atoms with Crippen molar-refractivity contribution in [3.05, 3.63) is 34.9 Å². The Balaban J connectivity index is 2.10. The molecule has 0 aliphatic heterocycles. The Bertz CT molecular complexity index is 447. The molecule has 1 saturated carbocycles. The largest absolute Gasteiger partial charge is 0.391 e. The van der Waals surface area contributed by atoms with Gasteiger partial charge in [0.05, 0.1) is 5.92 Å². The summed E-state index contributed by atoms with van der Waals surface area (Å²) in [5.74, 6) is -1.27. The van der Waals surface area contributed by atoms with Crippen molar-refractivity contribution < 1.29 is 13.2 Å². The van der Waals surface area contributed by atoms with Gasteiger partial charge in [0.2, 0.25) is 0 Å². The van der Waals surface area contributed by atoms with Crippen LogP contribution in [0.1, 0.15) is 31.2 Å². The second-order valence-corrected chi connectivity index (χ2v) is 5.94. The second-order valence-electron chi connectivity index (χ2n) is 5.50. The molecule has 2 unspecified atom stereocenters. The fourth-order valence-electron chi connectivity index (χ4n) is 2.89. The predicted octanol–water partition coefficient (Wildman–Crippen LogP) is 4.33. The van der Waals surface area contributed by atoms with Gasteiger partial charge in [0.15, 0.2) is 0 Å². The molecule has 0 aromatic heterocycles. The summed E-state index contributed by atoms with van der Waals surface area (Å²) in [7, 11) is 0. The fourth-order valence-corrected chi connectivity index (χ4v) is 3.10. The normalized spacial score (nSPS) is 28.4. The quantitative estimate of drug-likeness (QED) is 0.862. The van der Waals surface area contributed by atoms with Crippen molar-refractivity contribution in [2.24, 2.45) is 11.7 Å². The summed E-state index contributed by atoms with van der Waals surface area (Å²) in [6.45, 7) is 0. The molecule has 1 fully saturated rings. The average Bonchev–Trinajstić information content (AvgIpc) is 2.27. The molecule has 0 bridgehead atoms. The van der Waals surface area contributed by atoms with Crippen molar-refractivity contribution in [2.75, 3.05) is 0 Å². The monoisotopic (exact) mass is 291 g/mol. The number of alkyl halides is 3. The maximum absolute atomic E-state index is 12.8. The Morgan fingerprint density at radius 2 is 2.11 bits per heavy atom. The molecule has 0 saturated heterocycles. The van der Waals surface area contributed by atoms with Crippen LogP contribution in [-0.4, -0.2) is 11.7 Å². The summed E-state index contributed by atoms with van der Waals surface area (Å²) in [6.07, 6.45) is -2.34. The maximum atomic E-state index is 12.8. The Hall–Kier alpha value is -0.740. The SMILES string of the molecule is NC1(Cc2cccc(Cl)c2)CCCC(C(F)(F)F)C1. The molecule has 0 spiro atoms. The van der Waals surface area contributed by atoms with Gasteiger partial charge in [-0.3, -0.25) is 0 Å². The number of nitrogens with two attached hydrogens (primary N) is 1. The summed E-state index contributed by atoms with van der Waals surface area (Å²) < 4.78 is 38.4. The Kier molecular flexibility index (Phi) is 4.11. The highest BCUT2D eigenvalue weighted by molar-refractivity contribution is 6.30. The van der Waals surface area contributed by atoms with Gasteiger partial charge >= 0.3 is 6.18 Å². The van der Waals surface area contributed by atoms with Gasteiger partial charge in [-0.2, -0.15) is 13.2 Å². The van der Waals surface area contributed by atoms with Gasteiger partial charge in [-0.25, -0.2) is 0 Å². The van der Waals surface area contributed by atoms with E-state index in [1.54, 1.807) is 18.2 Å². The van der Waals surface area contributed by atoms with E-state index in [2.05, 4.69) is 0 Å². The topological polar surface area (TPSA) is 26.0 Å². The molecule has 1 aliphatic rings. The summed E-state index contributed by atoms with van der Waals surface area (Å²) in [4.78, 5) is 0. The van der Waals surface area contributed by atoms with Crippen LogP contribution in [0, 0.1) is 5.92 Å². The Morgan fingerprint density at radius 3 is 2.74 bits per heavy atom. The van der Waals surface area contributed by atoms with Crippen LogP contribution in [0.4, 0.5) is 13.2 Å². The van der Waals surface area contributed by atoms with E-state index in [0.29, 0.717) is 24.3 Å². The molecule has 1 aromatic rings. The van der Waals surface area contributed by atoms with Crippen LogP contribution < -0.4 is 5.73 Å². The van der Waals surface area contributed by atoms with E-state index in [9.17, 15) is 13.2 Å². The molecular formula is C14H17ClF3N. The first kappa shape index (κ1) is 14.7. The van der Waals surface area contributed by atoms with Gasteiger partial charge in [0, 0.05) is 10.6 Å².